The highest BCUT2D eigenvalue weighted by molar-refractivity contribution is 5.87. The zero-order valence-electron chi connectivity index (χ0n) is 24.9. The van der Waals surface area contributed by atoms with Crippen molar-refractivity contribution in [2.75, 3.05) is 4.90 Å². The quantitative estimate of drug-likeness (QED) is 0.214. The van der Waals surface area contributed by atoms with E-state index in [0.29, 0.717) is 0 Å². The lowest BCUT2D eigenvalue weighted by atomic mass is 9.86. The monoisotopic (exact) mass is 551 g/mol. The predicted octanol–water partition coefficient (Wildman–Crippen LogP) is 10.3. The van der Waals surface area contributed by atoms with Gasteiger partial charge in [0.15, 0.2) is 0 Å². The highest BCUT2D eigenvalue weighted by Crippen LogP contribution is 2.49. The van der Waals surface area contributed by atoms with E-state index < -0.39 is 0 Å². The van der Waals surface area contributed by atoms with Crippen LogP contribution in [0.5, 0.6) is 0 Å². The van der Waals surface area contributed by atoms with Crippen molar-refractivity contribution in [3.05, 3.63) is 124 Å². The summed E-state index contributed by atoms with van der Waals surface area (Å²) in [5.41, 5.74) is 13.6. The van der Waals surface area contributed by atoms with Crippen LogP contribution in [0.25, 0.3) is 22.5 Å². The average Bonchev–Trinajstić information content (AvgIpc) is 2.96. The van der Waals surface area contributed by atoms with Gasteiger partial charge in [-0.3, -0.25) is 4.90 Å². The molecule has 212 valence electrons. The summed E-state index contributed by atoms with van der Waals surface area (Å²) >= 11 is 0. The van der Waals surface area contributed by atoms with E-state index in [1.807, 2.05) is 0 Å². The fourth-order valence-electron chi connectivity index (χ4n) is 6.16. The molecule has 3 heteroatoms. The molecule has 3 nitrogen and oxygen atoms in total. The molecule has 0 fully saturated rings. The van der Waals surface area contributed by atoms with Gasteiger partial charge >= 0.3 is 0 Å². The molecule has 0 spiro atoms. The molecule has 2 aliphatic heterocycles. The number of pyridine rings is 2. The minimum absolute atomic E-state index is 0. The average molecular weight is 552 g/mol. The normalized spacial score (nSPS) is 13.5. The number of hydrogen-bond acceptors (Lipinski definition) is 3. The third-order valence-corrected chi connectivity index (χ3v) is 8.62. The van der Waals surface area contributed by atoms with Gasteiger partial charge in [0.1, 0.15) is 11.6 Å². The van der Waals surface area contributed by atoms with Gasteiger partial charge in [-0.15, -0.1) is 0 Å². The van der Waals surface area contributed by atoms with Crippen molar-refractivity contribution in [3.8, 4) is 22.5 Å². The highest BCUT2D eigenvalue weighted by Gasteiger charge is 2.34. The summed E-state index contributed by atoms with van der Waals surface area (Å²) < 4.78 is 0. The molecule has 42 heavy (non-hydrogen) atoms. The summed E-state index contributed by atoms with van der Waals surface area (Å²) in [7, 11) is 0. The number of hydrogen-bond donors (Lipinski definition) is 0. The second-order valence-corrected chi connectivity index (χ2v) is 13.6. The van der Waals surface area contributed by atoms with Crippen molar-refractivity contribution in [1.82, 2.24) is 9.97 Å². The van der Waals surface area contributed by atoms with Crippen LogP contribution in [-0.2, 0) is 23.7 Å². The number of fused-ring (bicyclic) bond motifs is 4. The SMILES string of the molecule is C.CC(C)(C)c1ccc(-c2ccc3c(n2)N2c4nc(-c5ccc(C(C)(C)C)cc5)ccc4Cc4cccc(c42)C3)cc1. The van der Waals surface area contributed by atoms with Crippen LogP contribution < -0.4 is 4.90 Å². The number of nitrogens with zero attached hydrogens (tertiary/aromatic N) is 3. The summed E-state index contributed by atoms with van der Waals surface area (Å²) in [5.74, 6) is 1.99. The van der Waals surface area contributed by atoms with Crippen molar-refractivity contribution in [3.63, 3.8) is 0 Å². The van der Waals surface area contributed by atoms with E-state index in [0.717, 1.165) is 47.0 Å². The molecular formula is C39H41N3. The Bertz CT molecular complexity index is 1650. The maximum atomic E-state index is 5.33. The Morgan fingerprint density at radius 1 is 0.500 bits per heavy atom. The molecule has 0 radical (unpaired) electrons. The molecule has 4 heterocycles. The summed E-state index contributed by atoms with van der Waals surface area (Å²) in [6.07, 6.45) is 1.77. The van der Waals surface area contributed by atoms with E-state index in [4.69, 9.17) is 9.97 Å². The minimum Gasteiger partial charge on any atom is -0.278 e. The van der Waals surface area contributed by atoms with E-state index >= 15 is 0 Å². The van der Waals surface area contributed by atoms with Gasteiger partial charge in [0, 0.05) is 24.0 Å². The van der Waals surface area contributed by atoms with Crippen molar-refractivity contribution in [1.29, 1.82) is 0 Å². The molecule has 0 amide bonds. The first-order chi connectivity index (χ1) is 19.6. The molecule has 0 saturated heterocycles. The fraction of sp³-hybridized carbons (Fsp3) is 0.282. The minimum atomic E-state index is 0. The fourth-order valence-corrected chi connectivity index (χ4v) is 6.16. The van der Waals surface area contributed by atoms with Crippen LogP contribution in [0, 0.1) is 0 Å². The Morgan fingerprint density at radius 3 is 1.29 bits per heavy atom. The molecular weight excluding hydrogens is 510 g/mol. The molecule has 0 atom stereocenters. The van der Waals surface area contributed by atoms with Gasteiger partial charge in [0.2, 0.25) is 0 Å². The van der Waals surface area contributed by atoms with Gasteiger partial charge in [-0.2, -0.15) is 0 Å². The zero-order valence-corrected chi connectivity index (χ0v) is 24.9. The molecule has 0 bridgehead atoms. The van der Waals surface area contributed by atoms with Crippen molar-refractivity contribution < 1.29 is 0 Å². The van der Waals surface area contributed by atoms with E-state index in [2.05, 4.69) is 137 Å². The van der Waals surface area contributed by atoms with Crippen molar-refractivity contribution >= 4 is 17.3 Å². The zero-order chi connectivity index (χ0) is 28.5. The number of anilines is 3. The van der Waals surface area contributed by atoms with Gasteiger partial charge < -0.3 is 0 Å². The molecule has 2 aromatic heterocycles. The Kier molecular flexibility index (Phi) is 6.61. The molecule has 0 aliphatic carbocycles. The van der Waals surface area contributed by atoms with Crippen LogP contribution in [0.1, 0.15) is 82.3 Å². The number of benzene rings is 3. The number of para-hydroxylation sites is 1. The lowest BCUT2D eigenvalue weighted by Crippen LogP contribution is -2.26. The molecule has 0 saturated carbocycles. The maximum Gasteiger partial charge on any atom is 0.143 e. The van der Waals surface area contributed by atoms with Crippen LogP contribution in [0.3, 0.4) is 0 Å². The van der Waals surface area contributed by atoms with E-state index in [1.165, 1.54) is 39.1 Å². The summed E-state index contributed by atoms with van der Waals surface area (Å²) in [6, 6.07) is 33.3. The first-order valence-electron chi connectivity index (χ1n) is 14.7. The third-order valence-electron chi connectivity index (χ3n) is 8.62. The maximum absolute atomic E-state index is 5.33. The summed E-state index contributed by atoms with van der Waals surface area (Å²) in [4.78, 5) is 13.0. The molecule has 2 aliphatic rings. The van der Waals surface area contributed by atoms with Crippen LogP contribution in [0.2, 0.25) is 0 Å². The predicted molar refractivity (Wildman–Crippen MR) is 177 cm³/mol. The van der Waals surface area contributed by atoms with E-state index in [9.17, 15) is 0 Å². The molecule has 5 aromatic rings. The standard InChI is InChI=1S/C38H37N3.CH4/c1-37(2,3)30-16-10-24(11-17-30)32-20-14-28-22-26-8-7-9-27-23-29-15-21-33(25-12-18-31(19-13-25)38(4,5)6)40-36(29)41(34(26)27)35(28)39-32;/h7-21H,22-23H2,1-6H3;1H4. The lowest BCUT2D eigenvalue weighted by Gasteiger charge is -2.37. The Balaban J connectivity index is 0.00000316. The van der Waals surface area contributed by atoms with Gasteiger partial charge in [-0.05, 0) is 56.3 Å². The lowest BCUT2D eigenvalue weighted by molar-refractivity contribution is 0.590. The van der Waals surface area contributed by atoms with Gasteiger partial charge in [0.05, 0.1) is 17.1 Å². The topological polar surface area (TPSA) is 29.0 Å². The molecule has 7 rings (SSSR count). The van der Waals surface area contributed by atoms with Crippen LogP contribution in [0.4, 0.5) is 17.3 Å². The van der Waals surface area contributed by atoms with Crippen molar-refractivity contribution in [2.24, 2.45) is 0 Å². The third kappa shape index (κ3) is 4.71. The Morgan fingerprint density at radius 2 is 0.905 bits per heavy atom. The first-order valence-corrected chi connectivity index (χ1v) is 14.7. The van der Waals surface area contributed by atoms with E-state index in [-0.39, 0.29) is 18.3 Å². The molecule has 0 N–H and O–H groups in total. The Hall–Kier alpha value is -4.24. The van der Waals surface area contributed by atoms with Gasteiger partial charge in [-0.25, -0.2) is 9.97 Å². The summed E-state index contributed by atoms with van der Waals surface area (Å²) in [5, 5.41) is 0. The van der Waals surface area contributed by atoms with Gasteiger partial charge in [0.25, 0.3) is 0 Å². The second-order valence-electron chi connectivity index (χ2n) is 13.6. The second kappa shape index (κ2) is 9.94. The first kappa shape index (κ1) is 27.9. The smallest absolute Gasteiger partial charge is 0.143 e. The molecule has 3 aromatic carbocycles. The van der Waals surface area contributed by atoms with Gasteiger partial charge in [-0.1, -0.05) is 128 Å². The van der Waals surface area contributed by atoms with Crippen molar-refractivity contribution in [2.45, 2.75) is 72.6 Å². The summed E-state index contributed by atoms with van der Waals surface area (Å²) in [6.45, 7) is 13.5. The van der Waals surface area contributed by atoms with Crippen LogP contribution in [-0.4, -0.2) is 9.97 Å². The number of aromatic nitrogens is 2. The molecule has 0 unspecified atom stereocenters. The van der Waals surface area contributed by atoms with Crippen LogP contribution >= 0.6 is 0 Å². The Labute approximate surface area is 251 Å². The number of rotatable bonds is 2. The van der Waals surface area contributed by atoms with Crippen LogP contribution in [0.15, 0.2) is 91.0 Å². The highest BCUT2D eigenvalue weighted by atomic mass is 15.3. The largest absolute Gasteiger partial charge is 0.278 e. The van der Waals surface area contributed by atoms with E-state index in [1.54, 1.807) is 0 Å².